The van der Waals surface area contributed by atoms with Crippen molar-refractivity contribution < 1.29 is 9.18 Å². The summed E-state index contributed by atoms with van der Waals surface area (Å²) in [6.07, 6.45) is 1.43. The highest BCUT2D eigenvalue weighted by Crippen LogP contribution is 2.16. The summed E-state index contributed by atoms with van der Waals surface area (Å²) in [6, 6.07) is 20.6. The van der Waals surface area contributed by atoms with Gasteiger partial charge in [0.2, 0.25) is 0 Å². The smallest absolute Gasteiger partial charge is 0.253 e. The van der Waals surface area contributed by atoms with Crippen LogP contribution in [0.1, 0.15) is 10.4 Å². The molecule has 1 heterocycles. The van der Waals surface area contributed by atoms with E-state index in [-0.39, 0.29) is 17.3 Å². The van der Waals surface area contributed by atoms with Crippen LogP contribution in [0.15, 0.2) is 83.9 Å². The molecular weight excluding hydrogens is 369 g/mol. The SMILES string of the molecule is O=C(NCCn1cnc(-c2ccc(F)cc2)cc1=O)c1ccc2ccccc2c1. The zero-order chi connectivity index (χ0) is 20.2. The fourth-order valence-electron chi connectivity index (χ4n) is 3.09. The van der Waals surface area contributed by atoms with Crippen LogP contribution in [-0.4, -0.2) is 22.0 Å². The standard InChI is InChI=1S/C23H18FN3O2/c24-20-9-7-17(8-10-20)21-14-22(28)27(15-26-21)12-11-25-23(29)19-6-5-16-3-1-2-4-18(16)13-19/h1-10,13-15H,11-12H2,(H,25,29). The lowest BCUT2D eigenvalue weighted by Gasteiger charge is -2.09. The first-order valence-electron chi connectivity index (χ1n) is 9.19. The summed E-state index contributed by atoms with van der Waals surface area (Å²) in [5.74, 6) is -0.538. The molecule has 29 heavy (non-hydrogen) atoms. The Bertz CT molecular complexity index is 1230. The van der Waals surface area contributed by atoms with Crippen molar-refractivity contribution in [3.8, 4) is 11.3 Å². The highest BCUT2D eigenvalue weighted by Gasteiger charge is 2.07. The van der Waals surface area contributed by atoms with E-state index in [1.54, 1.807) is 18.2 Å². The van der Waals surface area contributed by atoms with Gasteiger partial charge in [0.1, 0.15) is 5.82 Å². The monoisotopic (exact) mass is 387 g/mol. The molecule has 0 saturated heterocycles. The van der Waals surface area contributed by atoms with E-state index in [1.165, 1.54) is 29.1 Å². The van der Waals surface area contributed by atoms with Gasteiger partial charge in [-0.2, -0.15) is 0 Å². The Kier molecular flexibility index (Phi) is 5.16. The largest absolute Gasteiger partial charge is 0.350 e. The van der Waals surface area contributed by atoms with E-state index in [9.17, 15) is 14.0 Å². The summed E-state index contributed by atoms with van der Waals surface area (Å²) in [7, 11) is 0. The minimum Gasteiger partial charge on any atom is -0.350 e. The lowest BCUT2D eigenvalue weighted by Crippen LogP contribution is -2.30. The van der Waals surface area contributed by atoms with Crippen LogP contribution in [0.4, 0.5) is 4.39 Å². The van der Waals surface area contributed by atoms with Crippen molar-refractivity contribution in [3.05, 3.63) is 101 Å². The van der Waals surface area contributed by atoms with Crippen LogP contribution < -0.4 is 10.9 Å². The molecule has 0 aliphatic carbocycles. The van der Waals surface area contributed by atoms with Crippen LogP contribution >= 0.6 is 0 Å². The summed E-state index contributed by atoms with van der Waals surface area (Å²) in [5, 5.41) is 4.89. The van der Waals surface area contributed by atoms with Crippen molar-refractivity contribution in [1.29, 1.82) is 0 Å². The number of halogens is 1. The van der Waals surface area contributed by atoms with Crippen molar-refractivity contribution in [2.45, 2.75) is 6.54 Å². The molecule has 144 valence electrons. The topological polar surface area (TPSA) is 64.0 Å². The zero-order valence-electron chi connectivity index (χ0n) is 15.5. The molecule has 0 bridgehead atoms. The maximum atomic E-state index is 13.0. The van der Waals surface area contributed by atoms with Crippen molar-refractivity contribution in [1.82, 2.24) is 14.9 Å². The number of benzene rings is 3. The number of hydrogen-bond donors (Lipinski definition) is 1. The molecule has 5 nitrogen and oxygen atoms in total. The summed E-state index contributed by atoms with van der Waals surface area (Å²) >= 11 is 0. The van der Waals surface area contributed by atoms with Crippen LogP contribution in [-0.2, 0) is 6.54 Å². The van der Waals surface area contributed by atoms with Crippen LogP contribution in [0.3, 0.4) is 0 Å². The van der Waals surface area contributed by atoms with Crippen molar-refractivity contribution in [2.75, 3.05) is 6.54 Å². The van der Waals surface area contributed by atoms with Gasteiger partial charge in [-0.05, 0) is 47.2 Å². The second kappa shape index (κ2) is 8.06. The van der Waals surface area contributed by atoms with Crippen molar-refractivity contribution >= 4 is 16.7 Å². The molecule has 4 rings (SSSR count). The van der Waals surface area contributed by atoms with Crippen molar-refractivity contribution in [2.24, 2.45) is 0 Å². The lowest BCUT2D eigenvalue weighted by molar-refractivity contribution is 0.0952. The number of nitrogens with one attached hydrogen (secondary N) is 1. The number of nitrogens with zero attached hydrogens (tertiary/aromatic N) is 2. The predicted molar refractivity (Wildman–Crippen MR) is 110 cm³/mol. The summed E-state index contributed by atoms with van der Waals surface area (Å²) in [5.41, 5.74) is 1.48. The first-order chi connectivity index (χ1) is 14.1. The minimum absolute atomic E-state index is 0.195. The number of carbonyl (C=O) groups is 1. The number of aromatic nitrogens is 2. The van der Waals surface area contributed by atoms with E-state index >= 15 is 0 Å². The van der Waals surface area contributed by atoms with Gasteiger partial charge in [0.25, 0.3) is 11.5 Å². The summed E-state index contributed by atoms with van der Waals surface area (Å²) in [4.78, 5) is 29.0. The molecule has 0 radical (unpaired) electrons. The number of rotatable bonds is 5. The van der Waals surface area contributed by atoms with Gasteiger partial charge < -0.3 is 5.32 Å². The third-order valence-electron chi connectivity index (χ3n) is 4.67. The van der Waals surface area contributed by atoms with Crippen molar-refractivity contribution in [3.63, 3.8) is 0 Å². The molecule has 1 N–H and O–H groups in total. The Morgan fingerprint density at radius 2 is 1.72 bits per heavy atom. The first kappa shape index (κ1) is 18.6. The van der Waals surface area contributed by atoms with Crippen LogP contribution in [0.2, 0.25) is 0 Å². The predicted octanol–water partition coefficient (Wildman–Crippen LogP) is 3.63. The van der Waals surface area contributed by atoms with Gasteiger partial charge in [-0.25, -0.2) is 9.37 Å². The Balaban J connectivity index is 1.40. The molecule has 0 atom stereocenters. The zero-order valence-corrected chi connectivity index (χ0v) is 15.5. The van der Waals surface area contributed by atoms with Gasteiger partial charge >= 0.3 is 0 Å². The summed E-state index contributed by atoms with van der Waals surface area (Å²) < 4.78 is 14.5. The molecular formula is C23H18FN3O2. The Morgan fingerprint density at radius 1 is 0.966 bits per heavy atom. The van der Waals surface area contributed by atoms with Crippen LogP contribution in [0, 0.1) is 5.82 Å². The number of hydrogen-bond acceptors (Lipinski definition) is 3. The van der Waals surface area contributed by atoms with Crippen LogP contribution in [0.5, 0.6) is 0 Å². The number of carbonyl (C=O) groups excluding carboxylic acids is 1. The average Bonchev–Trinajstić information content (AvgIpc) is 2.75. The maximum Gasteiger partial charge on any atom is 0.253 e. The van der Waals surface area contributed by atoms with E-state index in [0.29, 0.717) is 29.9 Å². The highest BCUT2D eigenvalue weighted by atomic mass is 19.1. The summed E-state index contributed by atoms with van der Waals surface area (Å²) in [6.45, 7) is 0.595. The fourth-order valence-corrected chi connectivity index (χ4v) is 3.09. The van der Waals surface area contributed by atoms with Gasteiger partial charge in [-0.15, -0.1) is 0 Å². The number of amides is 1. The van der Waals surface area contributed by atoms with Crippen LogP contribution in [0.25, 0.3) is 22.0 Å². The lowest BCUT2D eigenvalue weighted by atomic mass is 10.1. The van der Waals surface area contributed by atoms with E-state index < -0.39 is 0 Å². The molecule has 6 heteroatoms. The van der Waals surface area contributed by atoms with Gasteiger partial charge in [-0.1, -0.05) is 30.3 Å². The molecule has 0 spiro atoms. The third-order valence-corrected chi connectivity index (χ3v) is 4.67. The molecule has 3 aromatic carbocycles. The molecule has 1 amide bonds. The first-order valence-corrected chi connectivity index (χ1v) is 9.19. The van der Waals surface area contributed by atoms with Gasteiger partial charge in [-0.3, -0.25) is 14.2 Å². The number of fused-ring (bicyclic) bond motifs is 1. The second-order valence-electron chi connectivity index (χ2n) is 6.63. The average molecular weight is 387 g/mol. The molecule has 0 aliphatic heterocycles. The molecule has 0 unspecified atom stereocenters. The third kappa shape index (κ3) is 4.21. The van der Waals surface area contributed by atoms with Gasteiger partial charge in [0, 0.05) is 30.3 Å². The molecule has 0 saturated carbocycles. The minimum atomic E-state index is -0.343. The second-order valence-corrected chi connectivity index (χ2v) is 6.63. The van der Waals surface area contributed by atoms with E-state index in [4.69, 9.17) is 0 Å². The van der Waals surface area contributed by atoms with Gasteiger partial charge in [0.15, 0.2) is 0 Å². The molecule has 0 aliphatic rings. The van der Waals surface area contributed by atoms with E-state index in [1.807, 2.05) is 36.4 Å². The molecule has 0 fully saturated rings. The fraction of sp³-hybridized carbons (Fsp3) is 0.0870. The maximum absolute atomic E-state index is 13.0. The Morgan fingerprint density at radius 3 is 2.48 bits per heavy atom. The highest BCUT2D eigenvalue weighted by molar-refractivity contribution is 5.98. The molecule has 1 aromatic heterocycles. The van der Waals surface area contributed by atoms with E-state index in [0.717, 1.165) is 10.8 Å². The molecule has 4 aromatic rings. The Labute approximate surface area is 166 Å². The van der Waals surface area contributed by atoms with Gasteiger partial charge in [0.05, 0.1) is 12.0 Å². The normalized spacial score (nSPS) is 10.8. The quantitative estimate of drug-likeness (QED) is 0.569. The Hall–Kier alpha value is -3.80. The van der Waals surface area contributed by atoms with E-state index in [2.05, 4.69) is 10.3 Å².